The fourth-order valence-electron chi connectivity index (χ4n) is 2.32. The average molecular weight is 261 g/mol. The van der Waals surface area contributed by atoms with Crippen molar-refractivity contribution in [2.75, 3.05) is 13.1 Å². The second-order valence-corrected chi connectivity index (χ2v) is 6.39. The molecule has 1 heterocycles. The zero-order valence-electron chi connectivity index (χ0n) is 11.8. The fraction of sp³-hybridized carbons (Fsp3) is 0.500. The van der Waals surface area contributed by atoms with E-state index >= 15 is 0 Å². The maximum atomic E-state index is 3.53. The minimum Gasteiger partial charge on any atom is -0.316 e. The predicted octanol–water partition coefficient (Wildman–Crippen LogP) is 4.31. The Morgan fingerprint density at radius 3 is 2.61 bits per heavy atom. The third kappa shape index (κ3) is 2.93. The Labute approximate surface area is 114 Å². The lowest BCUT2D eigenvalue weighted by molar-refractivity contribution is 0.555. The van der Waals surface area contributed by atoms with Crippen molar-refractivity contribution in [3.63, 3.8) is 0 Å². The molecular weight excluding hydrogens is 238 g/mol. The van der Waals surface area contributed by atoms with E-state index in [0.717, 1.165) is 25.4 Å². The molecule has 1 aromatic heterocycles. The number of hydrogen-bond donors (Lipinski definition) is 1. The molecule has 0 atom stereocenters. The van der Waals surface area contributed by atoms with Crippen molar-refractivity contribution in [1.82, 2.24) is 5.32 Å². The van der Waals surface area contributed by atoms with Crippen LogP contribution in [0.2, 0.25) is 0 Å². The van der Waals surface area contributed by atoms with Crippen molar-refractivity contribution in [3.8, 4) is 0 Å². The molecule has 98 valence electrons. The quantitative estimate of drug-likeness (QED) is 0.791. The highest BCUT2D eigenvalue weighted by Gasteiger charge is 2.08. The fourth-order valence-corrected chi connectivity index (χ4v) is 3.48. The Morgan fingerprint density at radius 2 is 1.89 bits per heavy atom. The molecule has 0 aliphatic carbocycles. The maximum Gasteiger partial charge on any atom is 0.0377 e. The Hall–Kier alpha value is -0.860. The highest BCUT2D eigenvalue weighted by molar-refractivity contribution is 7.17. The second-order valence-electron chi connectivity index (χ2n) is 5.51. The van der Waals surface area contributed by atoms with Crippen LogP contribution in [0.25, 0.3) is 10.1 Å². The number of aryl methyl sites for hydroxylation is 2. The topological polar surface area (TPSA) is 12.0 Å². The van der Waals surface area contributed by atoms with Gasteiger partial charge in [-0.05, 0) is 66.7 Å². The number of nitrogens with one attached hydrogen (secondary N) is 1. The maximum absolute atomic E-state index is 3.53. The smallest absolute Gasteiger partial charge is 0.0377 e. The molecule has 2 rings (SSSR count). The molecule has 1 nitrogen and oxygen atoms in total. The van der Waals surface area contributed by atoms with Gasteiger partial charge in [0.15, 0.2) is 0 Å². The molecule has 0 spiro atoms. The highest BCUT2D eigenvalue weighted by Crippen LogP contribution is 2.31. The summed E-state index contributed by atoms with van der Waals surface area (Å²) >= 11 is 1.89. The van der Waals surface area contributed by atoms with Gasteiger partial charge in [-0.15, -0.1) is 11.3 Å². The van der Waals surface area contributed by atoms with Crippen LogP contribution in [0.1, 0.15) is 30.5 Å². The van der Waals surface area contributed by atoms with Gasteiger partial charge in [0, 0.05) is 4.70 Å². The van der Waals surface area contributed by atoms with E-state index in [-0.39, 0.29) is 0 Å². The van der Waals surface area contributed by atoms with Crippen LogP contribution < -0.4 is 5.32 Å². The highest BCUT2D eigenvalue weighted by atomic mass is 32.1. The van der Waals surface area contributed by atoms with Crippen LogP contribution in [0.4, 0.5) is 0 Å². The summed E-state index contributed by atoms with van der Waals surface area (Å²) in [6.07, 6.45) is 1.14. The summed E-state index contributed by atoms with van der Waals surface area (Å²) < 4.78 is 1.47. The summed E-state index contributed by atoms with van der Waals surface area (Å²) in [7, 11) is 0. The predicted molar refractivity (Wildman–Crippen MR) is 82.7 cm³/mol. The van der Waals surface area contributed by atoms with Gasteiger partial charge in [-0.2, -0.15) is 0 Å². The van der Waals surface area contributed by atoms with E-state index in [0.29, 0.717) is 0 Å². The minimum atomic E-state index is 0.730. The van der Waals surface area contributed by atoms with E-state index in [2.05, 4.69) is 50.5 Å². The molecule has 1 aromatic carbocycles. The van der Waals surface area contributed by atoms with Gasteiger partial charge in [-0.25, -0.2) is 0 Å². The summed E-state index contributed by atoms with van der Waals surface area (Å²) in [4.78, 5) is 0. The van der Waals surface area contributed by atoms with Crippen LogP contribution in [0.5, 0.6) is 0 Å². The van der Waals surface area contributed by atoms with Gasteiger partial charge in [-0.3, -0.25) is 0 Å². The first kappa shape index (κ1) is 13.6. The molecule has 0 bridgehead atoms. The number of rotatable bonds is 5. The van der Waals surface area contributed by atoms with Gasteiger partial charge in [0.25, 0.3) is 0 Å². The third-order valence-electron chi connectivity index (χ3n) is 3.33. The van der Waals surface area contributed by atoms with E-state index in [1.807, 2.05) is 11.3 Å². The number of thiophene rings is 1. The summed E-state index contributed by atoms with van der Waals surface area (Å²) in [6.45, 7) is 11.1. The van der Waals surface area contributed by atoms with Crippen LogP contribution >= 0.6 is 11.3 Å². The Morgan fingerprint density at radius 1 is 1.17 bits per heavy atom. The zero-order chi connectivity index (χ0) is 13.1. The van der Waals surface area contributed by atoms with Gasteiger partial charge < -0.3 is 5.32 Å². The second kappa shape index (κ2) is 5.85. The lowest BCUT2D eigenvalue weighted by Crippen LogP contribution is -2.22. The Kier molecular flexibility index (Phi) is 4.41. The van der Waals surface area contributed by atoms with Gasteiger partial charge in [-0.1, -0.05) is 26.0 Å². The van der Waals surface area contributed by atoms with Crippen LogP contribution in [-0.4, -0.2) is 13.1 Å². The Balaban J connectivity index is 2.12. The minimum absolute atomic E-state index is 0.730. The summed E-state index contributed by atoms with van der Waals surface area (Å²) in [5.41, 5.74) is 4.32. The average Bonchev–Trinajstić information content (AvgIpc) is 2.74. The van der Waals surface area contributed by atoms with Crippen LogP contribution in [0.3, 0.4) is 0 Å². The lowest BCUT2D eigenvalue weighted by Gasteiger charge is -2.08. The van der Waals surface area contributed by atoms with E-state index in [4.69, 9.17) is 0 Å². The third-order valence-corrected chi connectivity index (χ3v) is 4.49. The van der Waals surface area contributed by atoms with Crippen molar-refractivity contribution < 1.29 is 0 Å². The number of fused-ring (bicyclic) bond motifs is 1. The molecule has 0 amide bonds. The molecule has 0 aliphatic rings. The first-order valence-electron chi connectivity index (χ1n) is 6.76. The molecule has 0 unspecified atom stereocenters. The monoisotopic (exact) mass is 261 g/mol. The van der Waals surface area contributed by atoms with Gasteiger partial charge in [0.2, 0.25) is 0 Å². The summed E-state index contributed by atoms with van der Waals surface area (Å²) in [6, 6.07) is 4.48. The van der Waals surface area contributed by atoms with Gasteiger partial charge in [0.1, 0.15) is 0 Å². The van der Waals surface area contributed by atoms with Crippen LogP contribution in [0.15, 0.2) is 17.5 Å². The molecule has 0 saturated carbocycles. The molecule has 0 fully saturated rings. The molecule has 1 N–H and O–H groups in total. The van der Waals surface area contributed by atoms with Crippen molar-refractivity contribution in [2.45, 2.75) is 34.1 Å². The van der Waals surface area contributed by atoms with Gasteiger partial charge >= 0.3 is 0 Å². The number of benzene rings is 1. The molecule has 0 saturated heterocycles. The van der Waals surface area contributed by atoms with Crippen molar-refractivity contribution in [3.05, 3.63) is 34.2 Å². The Bertz CT molecular complexity index is 525. The van der Waals surface area contributed by atoms with Crippen molar-refractivity contribution in [2.24, 2.45) is 5.92 Å². The first-order valence-corrected chi connectivity index (χ1v) is 7.64. The lowest BCUT2D eigenvalue weighted by atomic mass is 10.0. The normalized spacial score (nSPS) is 11.6. The van der Waals surface area contributed by atoms with E-state index in [1.165, 1.54) is 26.8 Å². The molecular formula is C16H23NS. The first-order chi connectivity index (χ1) is 8.59. The zero-order valence-corrected chi connectivity index (χ0v) is 12.7. The molecule has 0 aliphatic heterocycles. The van der Waals surface area contributed by atoms with E-state index < -0.39 is 0 Å². The summed E-state index contributed by atoms with van der Waals surface area (Å²) in [5.74, 6) is 0.730. The van der Waals surface area contributed by atoms with Crippen LogP contribution in [0, 0.1) is 19.8 Å². The van der Waals surface area contributed by atoms with Crippen molar-refractivity contribution in [1.29, 1.82) is 0 Å². The van der Waals surface area contributed by atoms with E-state index in [1.54, 1.807) is 0 Å². The molecule has 2 heteroatoms. The standard InChI is InChI=1S/C16H23NS/c1-11(2)9-17-8-7-14-10-18-16-13(4)6-5-12(3)15(14)16/h5-6,10-11,17H,7-9H2,1-4H3. The molecule has 18 heavy (non-hydrogen) atoms. The van der Waals surface area contributed by atoms with Crippen molar-refractivity contribution >= 4 is 21.4 Å². The molecule has 0 radical (unpaired) electrons. The molecule has 2 aromatic rings. The SMILES string of the molecule is Cc1ccc(C)c2c(CCNCC(C)C)csc12. The van der Waals surface area contributed by atoms with Gasteiger partial charge in [0.05, 0.1) is 0 Å². The van der Waals surface area contributed by atoms with Crippen LogP contribution in [-0.2, 0) is 6.42 Å². The summed E-state index contributed by atoms with van der Waals surface area (Å²) in [5, 5.41) is 7.35. The largest absolute Gasteiger partial charge is 0.316 e. The number of hydrogen-bond acceptors (Lipinski definition) is 2. The van der Waals surface area contributed by atoms with E-state index in [9.17, 15) is 0 Å².